The number of cyclic esters (lactones) is 1. The number of aliphatic hydroxyl groups is 3. The quantitative estimate of drug-likeness (QED) is 0.0194. The van der Waals surface area contributed by atoms with Gasteiger partial charge in [-0.05, 0) is 51.3 Å². The number of rotatable bonds is 15. The molecular formula is C41H63ClN14O15. The molecule has 22 N–H and O–H groups in total. The molecule has 0 unspecified atom stereocenters. The number of esters is 1. The van der Waals surface area contributed by atoms with Crippen molar-refractivity contribution >= 4 is 76.8 Å². The van der Waals surface area contributed by atoms with E-state index in [1.807, 2.05) is 10.6 Å². The number of aliphatic carboxylic acids is 1. The summed E-state index contributed by atoms with van der Waals surface area (Å²) in [7, 11) is 0. The van der Waals surface area contributed by atoms with Gasteiger partial charge in [0.15, 0.2) is 18.1 Å². The Balaban J connectivity index is 2.77. The van der Waals surface area contributed by atoms with Crippen LogP contribution >= 0.6 is 11.6 Å². The van der Waals surface area contributed by atoms with E-state index in [9.17, 15) is 68.4 Å². The Kier molecular flexibility index (Phi) is 25.9. The van der Waals surface area contributed by atoms with Crippen LogP contribution in [-0.4, -0.2) is 185 Å². The second-order valence-electron chi connectivity index (χ2n) is 15.7. The number of guanidine groups is 1. The Bertz CT molecular complexity index is 2100. The number of nitrogens with zero attached hydrogens (tertiary/aromatic N) is 1. The summed E-state index contributed by atoms with van der Waals surface area (Å²) in [4.78, 5) is 139. The van der Waals surface area contributed by atoms with E-state index in [1.54, 1.807) is 30.3 Å². The molecule has 8 amide bonds. The zero-order chi connectivity index (χ0) is 53.4. The summed E-state index contributed by atoms with van der Waals surface area (Å²) in [5, 5.41) is 58.9. The number of carbonyl (C=O) groups excluding carboxylic acids is 9. The van der Waals surface area contributed by atoms with Crippen molar-refractivity contribution in [3.63, 3.8) is 0 Å². The van der Waals surface area contributed by atoms with Gasteiger partial charge in [0, 0.05) is 13.0 Å². The Morgan fingerprint density at radius 2 is 1.27 bits per heavy atom. The highest BCUT2D eigenvalue weighted by molar-refractivity contribution is 6.18. The van der Waals surface area contributed by atoms with Gasteiger partial charge >= 0.3 is 11.9 Å². The number of aliphatic hydroxyl groups excluding tert-OH is 3. The summed E-state index contributed by atoms with van der Waals surface area (Å²) in [5.74, 6) is -14.1. The SMILES string of the molecule is C/C=C1\NC(=O)[C@H](Cc2ccccc2)NC(=O)[C@H](CCCN=C(N)N)NC(=O)[C@@H](CCN)NC(=O)[C@H](CCN)NC(=O)[C@@H](CO)NC(=O)[C@@H](N)COC(=O)[C@H]([C@H](O)CCl)NC(=O)[C@H]([C@H](O)C(=O)O)NC1=O. The van der Waals surface area contributed by atoms with Gasteiger partial charge in [-0.3, -0.25) is 43.3 Å². The van der Waals surface area contributed by atoms with Crippen LogP contribution in [0.4, 0.5) is 0 Å². The lowest BCUT2D eigenvalue weighted by Crippen LogP contribution is -2.62. The number of halogens is 1. The van der Waals surface area contributed by atoms with Crippen molar-refractivity contribution in [1.82, 2.24) is 42.5 Å². The lowest BCUT2D eigenvalue weighted by Gasteiger charge is -2.28. The number of carboxylic acids is 1. The second-order valence-corrected chi connectivity index (χ2v) is 16.0. The summed E-state index contributed by atoms with van der Waals surface area (Å²) in [6, 6.07) is -6.21. The first-order chi connectivity index (χ1) is 33.6. The van der Waals surface area contributed by atoms with Gasteiger partial charge in [-0.15, -0.1) is 11.6 Å². The van der Waals surface area contributed by atoms with Crippen LogP contribution in [0.3, 0.4) is 0 Å². The van der Waals surface area contributed by atoms with Gasteiger partial charge < -0.3 is 96.4 Å². The summed E-state index contributed by atoms with van der Waals surface area (Å²) in [6.07, 6.45) is -4.60. The third-order valence-corrected chi connectivity index (χ3v) is 10.6. The lowest BCUT2D eigenvalue weighted by atomic mass is 10.0. The monoisotopic (exact) mass is 1030 g/mol. The Hall–Kier alpha value is -7.02. The van der Waals surface area contributed by atoms with E-state index >= 15 is 0 Å². The average Bonchev–Trinajstić information content (AvgIpc) is 3.34. The van der Waals surface area contributed by atoms with Crippen molar-refractivity contribution in [2.75, 3.05) is 38.7 Å². The number of nitrogens with two attached hydrogens (primary N) is 5. The minimum absolute atomic E-state index is 0.0338. The number of allylic oxidation sites excluding steroid dienone is 1. The van der Waals surface area contributed by atoms with Crippen molar-refractivity contribution in [3.05, 3.63) is 47.7 Å². The maximum atomic E-state index is 14.2. The Morgan fingerprint density at radius 1 is 0.746 bits per heavy atom. The normalized spacial score (nSPS) is 25.7. The molecule has 0 radical (unpaired) electrons. The van der Waals surface area contributed by atoms with Crippen LogP contribution in [-0.2, 0) is 59.1 Å². The smallest absolute Gasteiger partial charge is 0.335 e. The highest BCUT2D eigenvalue weighted by atomic mass is 35.5. The summed E-state index contributed by atoms with van der Waals surface area (Å²) in [5.41, 5.74) is 28.1. The molecule has 0 aliphatic carbocycles. The molecule has 1 saturated heterocycles. The van der Waals surface area contributed by atoms with E-state index in [0.717, 1.165) is 6.08 Å². The maximum Gasteiger partial charge on any atom is 0.335 e. The fourth-order valence-corrected chi connectivity index (χ4v) is 6.55. The van der Waals surface area contributed by atoms with Crippen LogP contribution in [0.5, 0.6) is 0 Å². The molecule has 1 heterocycles. The van der Waals surface area contributed by atoms with E-state index in [1.165, 1.54) is 6.92 Å². The van der Waals surface area contributed by atoms with Crippen molar-refractivity contribution < 1.29 is 73.1 Å². The first kappa shape index (κ1) is 60.1. The number of hydrogen-bond acceptors (Lipinski definition) is 18. The fourth-order valence-electron chi connectivity index (χ4n) is 6.38. The molecule has 1 aromatic rings. The number of benzene rings is 1. The molecule has 1 aliphatic rings. The highest BCUT2D eigenvalue weighted by Crippen LogP contribution is 2.10. The molecule has 0 saturated carbocycles. The predicted molar refractivity (Wildman–Crippen MR) is 249 cm³/mol. The number of aliphatic imine (C=N–C) groups is 1. The number of carbonyl (C=O) groups is 10. The van der Waals surface area contributed by atoms with E-state index in [2.05, 4.69) is 36.9 Å². The highest BCUT2D eigenvalue weighted by Gasteiger charge is 2.40. The van der Waals surface area contributed by atoms with E-state index in [0.29, 0.717) is 5.56 Å². The second kappa shape index (κ2) is 30.6. The van der Waals surface area contributed by atoms with Crippen LogP contribution in [0.25, 0.3) is 0 Å². The van der Waals surface area contributed by atoms with Gasteiger partial charge in [-0.2, -0.15) is 0 Å². The lowest BCUT2D eigenvalue weighted by molar-refractivity contribution is -0.154. The van der Waals surface area contributed by atoms with Crippen LogP contribution in [0.2, 0.25) is 0 Å². The van der Waals surface area contributed by atoms with Crippen LogP contribution in [0.15, 0.2) is 47.1 Å². The number of ether oxygens (including phenoxy) is 1. The topological polar surface area (TPSA) is 500 Å². The van der Waals surface area contributed by atoms with Crippen LogP contribution in [0.1, 0.15) is 38.2 Å². The standard InChI is InChI=1S/C41H63ClN14O15/c1-2-21-32(61)56-29(30(59)39(68)69)38(67)55-28(27(58)16-42)40(70)71-18-20(45)31(60)54-26(17-57)37(66)52-24(11-13-44)35(64)51-23(10-12-43)34(63)50-22(9-6-14-48-41(46)47)33(62)53-25(36(65)49-21)15-19-7-4-3-5-8-19/h2-5,7-8,20,22-30,57-59H,6,9-18,43-45H2,1H3,(H,49,65)(H,50,63)(H,51,64)(H,52,66)(H,53,62)(H,54,60)(H,55,67)(H,56,61)(H,68,69)(H4,46,47,48)/b21-2-/t20-,22-,23+,24-,25-,26+,27+,28-,29-,30-/m0/s1. The number of alkyl halides is 1. The fraction of sp³-hybridized carbons (Fsp3) is 0.537. The zero-order valence-corrected chi connectivity index (χ0v) is 39.3. The molecule has 0 aromatic heterocycles. The molecule has 1 aliphatic heterocycles. The van der Waals surface area contributed by atoms with Gasteiger partial charge in [-0.25, -0.2) is 9.59 Å². The predicted octanol–water partition coefficient (Wildman–Crippen LogP) is -8.68. The molecule has 30 heteroatoms. The maximum absolute atomic E-state index is 14.2. The molecule has 29 nitrogen and oxygen atoms in total. The van der Waals surface area contributed by atoms with Gasteiger partial charge in [0.2, 0.25) is 41.4 Å². The molecule has 394 valence electrons. The molecule has 10 atom stereocenters. The van der Waals surface area contributed by atoms with E-state index < -0.39 is 145 Å². The third-order valence-electron chi connectivity index (χ3n) is 10.3. The molecule has 71 heavy (non-hydrogen) atoms. The third kappa shape index (κ3) is 19.7. The summed E-state index contributed by atoms with van der Waals surface area (Å²) < 4.78 is 5.00. The number of hydrogen-bond donors (Lipinski definition) is 17. The first-order valence-corrected chi connectivity index (χ1v) is 22.4. The largest absolute Gasteiger partial charge is 0.479 e. The number of nitrogens with one attached hydrogen (secondary N) is 8. The number of carboxylic acid groups (broad SMARTS) is 1. The van der Waals surface area contributed by atoms with Crippen LogP contribution in [0, 0.1) is 0 Å². The molecule has 1 fully saturated rings. The van der Waals surface area contributed by atoms with Crippen molar-refractivity contribution in [3.8, 4) is 0 Å². The van der Waals surface area contributed by atoms with Crippen molar-refractivity contribution in [2.45, 2.75) is 99.6 Å². The van der Waals surface area contributed by atoms with Gasteiger partial charge in [-0.1, -0.05) is 36.4 Å². The molecule has 0 bridgehead atoms. The minimum Gasteiger partial charge on any atom is -0.479 e. The van der Waals surface area contributed by atoms with E-state index in [-0.39, 0.29) is 57.7 Å². The van der Waals surface area contributed by atoms with Gasteiger partial charge in [0.25, 0.3) is 5.91 Å². The average molecular weight is 1030 g/mol. The molecule has 1 aromatic carbocycles. The zero-order valence-electron chi connectivity index (χ0n) is 38.5. The van der Waals surface area contributed by atoms with Crippen LogP contribution < -0.4 is 71.2 Å². The Morgan fingerprint density at radius 3 is 1.76 bits per heavy atom. The molecular weight excluding hydrogens is 964 g/mol. The summed E-state index contributed by atoms with van der Waals surface area (Å²) >= 11 is 5.75. The minimum atomic E-state index is -2.75. The molecule has 2 rings (SSSR count). The van der Waals surface area contributed by atoms with Crippen molar-refractivity contribution in [2.24, 2.45) is 33.7 Å². The van der Waals surface area contributed by atoms with Gasteiger partial charge in [0.1, 0.15) is 54.6 Å². The molecule has 0 spiro atoms. The van der Waals surface area contributed by atoms with Crippen molar-refractivity contribution in [1.29, 1.82) is 0 Å². The summed E-state index contributed by atoms with van der Waals surface area (Å²) in [6.45, 7) is -1.31. The Labute approximate surface area is 411 Å². The first-order valence-electron chi connectivity index (χ1n) is 21.9. The van der Waals surface area contributed by atoms with Gasteiger partial charge in [0.05, 0.1) is 18.6 Å². The number of amides is 8. The van der Waals surface area contributed by atoms with E-state index in [4.69, 9.17) is 45.0 Å².